The third-order valence-electron chi connectivity index (χ3n) is 6.21. The lowest BCUT2D eigenvalue weighted by molar-refractivity contribution is -0.181. The molecule has 4 aliphatic rings. The average molecular weight is 332 g/mol. The minimum atomic E-state index is -0.615. The Hall–Kier alpha value is -1.29. The number of ether oxygens (including phenoxy) is 2. The molecule has 1 spiro atoms. The van der Waals surface area contributed by atoms with Gasteiger partial charge in [0.15, 0.2) is 0 Å². The summed E-state index contributed by atoms with van der Waals surface area (Å²) in [4.78, 5) is 14.5. The number of esters is 1. The zero-order chi connectivity index (χ0) is 16.2. The number of unbranched alkanes of at least 4 members (excludes halogenated alkanes) is 1. The van der Waals surface area contributed by atoms with Crippen molar-refractivity contribution in [3.05, 3.63) is 33.2 Å². The van der Waals surface area contributed by atoms with E-state index in [1.807, 2.05) is 0 Å². The van der Waals surface area contributed by atoms with Crippen LogP contribution in [0.5, 0.6) is 0 Å². The van der Waals surface area contributed by atoms with Crippen LogP contribution in [0.3, 0.4) is 0 Å². The number of carbonyl (C=O) groups is 1. The van der Waals surface area contributed by atoms with Crippen LogP contribution in [0.4, 0.5) is 0 Å². The van der Waals surface area contributed by atoms with Gasteiger partial charge in [0, 0.05) is 11.3 Å². The van der Waals surface area contributed by atoms with Crippen molar-refractivity contribution < 1.29 is 14.3 Å². The number of hydrogen-bond donors (Lipinski definition) is 0. The topological polar surface area (TPSA) is 35.5 Å². The van der Waals surface area contributed by atoms with Gasteiger partial charge >= 0.3 is 5.97 Å². The van der Waals surface area contributed by atoms with Crippen LogP contribution in [0.1, 0.15) is 68.9 Å². The smallest absolute Gasteiger partial charge is 0.322 e. The molecule has 1 aromatic rings. The van der Waals surface area contributed by atoms with Crippen molar-refractivity contribution in [2.75, 3.05) is 7.11 Å². The lowest BCUT2D eigenvalue weighted by atomic mass is 9.47. The molecule has 1 aromatic heterocycles. The third kappa shape index (κ3) is 1.73. The van der Waals surface area contributed by atoms with Gasteiger partial charge in [0.1, 0.15) is 11.5 Å². The SMILES string of the molecule is CCCCC1=C(OC)CC[C@]2(C)C[C@H]3OC(=O)[C@@]12c1ccsc13. The minimum Gasteiger partial charge on any atom is -0.501 e. The molecule has 0 N–H and O–H groups in total. The van der Waals surface area contributed by atoms with E-state index in [2.05, 4.69) is 25.3 Å². The largest absolute Gasteiger partial charge is 0.501 e. The van der Waals surface area contributed by atoms with E-state index < -0.39 is 5.41 Å². The molecule has 4 heteroatoms. The van der Waals surface area contributed by atoms with E-state index in [4.69, 9.17) is 9.47 Å². The van der Waals surface area contributed by atoms with E-state index in [-0.39, 0.29) is 17.5 Å². The second-order valence-electron chi connectivity index (χ2n) is 7.32. The molecule has 1 saturated heterocycles. The Kier molecular flexibility index (Phi) is 3.38. The molecule has 5 rings (SSSR count). The fourth-order valence-corrected chi connectivity index (χ4v) is 6.11. The summed E-state index contributed by atoms with van der Waals surface area (Å²) in [5.74, 6) is 0.980. The van der Waals surface area contributed by atoms with Crippen LogP contribution in [0.25, 0.3) is 0 Å². The van der Waals surface area contributed by atoms with Crippen LogP contribution in [-0.4, -0.2) is 13.1 Å². The summed E-state index contributed by atoms with van der Waals surface area (Å²) in [6, 6.07) is 2.16. The number of rotatable bonds is 4. The highest BCUT2D eigenvalue weighted by Gasteiger charge is 2.68. The van der Waals surface area contributed by atoms with Gasteiger partial charge in [-0.05, 0) is 53.7 Å². The van der Waals surface area contributed by atoms with Crippen molar-refractivity contribution >= 4 is 17.3 Å². The molecule has 0 radical (unpaired) electrons. The van der Waals surface area contributed by atoms with Crippen molar-refractivity contribution in [2.45, 2.75) is 63.9 Å². The Bertz CT molecular complexity index is 689. The summed E-state index contributed by atoms with van der Waals surface area (Å²) >= 11 is 1.73. The molecular formula is C19H24O3S. The molecule has 2 aliphatic heterocycles. The Morgan fingerprint density at radius 2 is 2.30 bits per heavy atom. The van der Waals surface area contributed by atoms with Gasteiger partial charge in [0.2, 0.25) is 0 Å². The van der Waals surface area contributed by atoms with Gasteiger partial charge in [-0.3, -0.25) is 4.79 Å². The van der Waals surface area contributed by atoms with Crippen molar-refractivity contribution in [1.29, 1.82) is 0 Å². The van der Waals surface area contributed by atoms with E-state index >= 15 is 0 Å². The number of carbonyl (C=O) groups excluding carboxylic acids is 1. The second kappa shape index (κ2) is 5.10. The van der Waals surface area contributed by atoms with Gasteiger partial charge < -0.3 is 9.47 Å². The highest BCUT2D eigenvalue weighted by atomic mass is 32.1. The highest BCUT2D eigenvalue weighted by Crippen LogP contribution is 2.68. The van der Waals surface area contributed by atoms with Crippen LogP contribution < -0.4 is 0 Å². The molecule has 0 unspecified atom stereocenters. The molecule has 124 valence electrons. The number of hydrogen-bond acceptors (Lipinski definition) is 4. The van der Waals surface area contributed by atoms with Crippen molar-refractivity contribution in [2.24, 2.45) is 5.41 Å². The summed E-state index contributed by atoms with van der Waals surface area (Å²) < 4.78 is 11.6. The molecule has 0 aromatic carbocycles. The third-order valence-corrected chi connectivity index (χ3v) is 7.22. The first-order chi connectivity index (χ1) is 11.1. The zero-order valence-corrected chi connectivity index (χ0v) is 14.9. The maximum absolute atomic E-state index is 13.2. The molecule has 3 atom stereocenters. The van der Waals surface area contributed by atoms with E-state index in [1.54, 1.807) is 18.4 Å². The summed E-state index contributed by atoms with van der Waals surface area (Å²) in [7, 11) is 1.74. The summed E-state index contributed by atoms with van der Waals surface area (Å²) in [6.45, 7) is 4.48. The van der Waals surface area contributed by atoms with Crippen molar-refractivity contribution in [1.82, 2.24) is 0 Å². The molecule has 2 bridgehead atoms. The standard InChI is InChI=1S/C19H24O3S/c1-4-5-6-12-14(21-3)7-9-18(2)11-15-16-13(8-10-23-16)19(12,18)17(20)22-15/h8,10,15H,4-7,9,11H2,1-3H3/t15-,18-,19+/m1/s1. The van der Waals surface area contributed by atoms with Crippen molar-refractivity contribution in [3.8, 4) is 0 Å². The van der Waals surface area contributed by atoms with Gasteiger partial charge in [-0.15, -0.1) is 11.3 Å². The molecule has 1 fully saturated rings. The predicted molar refractivity (Wildman–Crippen MR) is 90.3 cm³/mol. The Labute approximate surface area is 141 Å². The summed E-state index contributed by atoms with van der Waals surface area (Å²) in [5, 5.41) is 2.12. The summed E-state index contributed by atoms with van der Waals surface area (Å²) in [6.07, 6.45) is 5.95. The first kappa shape index (κ1) is 15.3. The second-order valence-corrected chi connectivity index (χ2v) is 8.26. The van der Waals surface area contributed by atoms with Gasteiger partial charge in [0.25, 0.3) is 0 Å². The van der Waals surface area contributed by atoms with Crippen LogP contribution in [0.2, 0.25) is 0 Å². The average Bonchev–Trinajstić information content (AvgIpc) is 3.02. The molecule has 0 saturated carbocycles. The molecular weight excluding hydrogens is 308 g/mol. The van der Waals surface area contributed by atoms with Gasteiger partial charge in [-0.1, -0.05) is 20.3 Å². The van der Waals surface area contributed by atoms with Gasteiger partial charge in [-0.25, -0.2) is 0 Å². The van der Waals surface area contributed by atoms with Gasteiger partial charge in [-0.2, -0.15) is 0 Å². The molecule has 2 aliphatic carbocycles. The normalized spacial score (nSPS) is 34.9. The number of fused-ring (bicyclic) bond motifs is 1. The van der Waals surface area contributed by atoms with E-state index in [0.717, 1.165) is 44.3 Å². The lowest BCUT2D eigenvalue weighted by Gasteiger charge is -2.59. The quantitative estimate of drug-likeness (QED) is 0.737. The number of allylic oxidation sites excluding steroid dienone is 1. The Balaban J connectivity index is 2.00. The van der Waals surface area contributed by atoms with Crippen LogP contribution >= 0.6 is 11.3 Å². The van der Waals surface area contributed by atoms with Crippen LogP contribution in [0.15, 0.2) is 22.8 Å². The number of methoxy groups -OCH3 is 1. The fourth-order valence-electron chi connectivity index (χ4n) is 5.12. The molecule has 3 nitrogen and oxygen atoms in total. The summed E-state index contributed by atoms with van der Waals surface area (Å²) in [5.41, 5.74) is 1.73. The predicted octanol–water partition coefficient (Wildman–Crippen LogP) is 4.88. The lowest BCUT2D eigenvalue weighted by Crippen LogP contribution is -2.61. The Morgan fingerprint density at radius 3 is 3.04 bits per heavy atom. The van der Waals surface area contributed by atoms with Gasteiger partial charge in [0.05, 0.1) is 12.9 Å². The minimum absolute atomic E-state index is 0.0393. The first-order valence-electron chi connectivity index (χ1n) is 8.64. The maximum atomic E-state index is 13.2. The number of thiophene rings is 1. The van der Waals surface area contributed by atoms with Crippen LogP contribution in [0, 0.1) is 5.41 Å². The molecule has 0 amide bonds. The fraction of sp³-hybridized carbons (Fsp3) is 0.632. The highest BCUT2D eigenvalue weighted by molar-refractivity contribution is 7.10. The zero-order valence-electron chi connectivity index (χ0n) is 14.1. The first-order valence-corrected chi connectivity index (χ1v) is 9.52. The van der Waals surface area contributed by atoms with E-state index in [1.165, 1.54) is 16.0 Å². The maximum Gasteiger partial charge on any atom is 0.322 e. The molecule has 23 heavy (non-hydrogen) atoms. The van der Waals surface area contributed by atoms with E-state index in [9.17, 15) is 4.79 Å². The van der Waals surface area contributed by atoms with Crippen molar-refractivity contribution in [3.63, 3.8) is 0 Å². The Morgan fingerprint density at radius 1 is 1.48 bits per heavy atom. The van der Waals surface area contributed by atoms with Crippen LogP contribution in [-0.2, 0) is 19.7 Å². The monoisotopic (exact) mass is 332 g/mol. The van der Waals surface area contributed by atoms with E-state index in [0.29, 0.717) is 0 Å². The molecule has 3 heterocycles.